The minimum absolute atomic E-state index is 0.373. The van der Waals surface area contributed by atoms with Crippen LogP contribution in [-0.4, -0.2) is 30.6 Å². The van der Waals surface area contributed by atoms with E-state index in [1.807, 2.05) is 7.05 Å². The van der Waals surface area contributed by atoms with Crippen LogP contribution in [0.15, 0.2) is 40.7 Å². The van der Waals surface area contributed by atoms with Gasteiger partial charge in [0.15, 0.2) is 5.96 Å². The zero-order chi connectivity index (χ0) is 18.1. The molecule has 0 bridgehead atoms. The molecule has 4 nitrogen and oxygen atoms in total. The van der Waals surface area contributed by atoms with Crippen molar-refractivity contribution in [3.8, 4) is 0 Å². The van der Waals surface area contributed by atoms with Gasteiger partial charge in [0.1, 0.15) is 0 Å². The highest BCUT2D eigenvalue weighted by molar-refractivity contribution is 7.09. The van der Waals surface area contributed by atoms with Crippen molar-refractivity contribution in [1.82, 2.24) is 15.6 Å². The molecular weight excluding hydrogens is 328 g/mol. The standard InChI is InChI=1S/C20H30N4S/c1-15(2)19-24-18(14-25-19)12-13-22-20(21-4)23-16(3)10-11-17-8-6-5-7-9-17/h5-9,14-16H,10-13H2,1-4H3,(H2,21,22,23). The molecule has 1 atom stereocenters. The van der Waals surface area contributed by atoms with Crippen molar-refractivity contribution < 1.29 is 0 Å². The molecule has 25 heavy (non-hydrogen) atoms. The molecule has 1 heterocycles. The molecule has 0 saturated carbocycles. The maximum Gasteiger partial charge on any atom is 0.191 e. The van der Waals surface area contributed by atoms with Gasteiger partial charge in [-0.25, -0.2) is 4.98 Å². The van der Waals surface area contributed by atoms with Crippen molar-refractivity contribution >= 4 is 17.3 Å². The Morgan fingerprint density at radius 2 is 1.92 bits per heavy atom. The Labute approximate surface area is 155 Å². The van der Waals surface area contributed by atoms with Gasteiger partial charge in [0, 0.05) is 37.4 Å². The Morgan fingerprint density at radius 1 is 1.16 bits per heavy atom. The topological polar surface area (TPSA) is 49.3 Å². The highest BCUT2D eigenvalue weighted by atomic mass is 32.1. The first-order chi connectivity index (χ1) is 12.1. The Kier molecular flexibility index (Phi) is 7.92. The van der Waals surface area contributed by atoms with Gasteiger partial charge in [-0.1, -0.05) is 44.2 Å². The molecule has 2 aromatic rings. The van der Waals surface area contributed by atoms with Gasteiger partial charge in [0.25, 0.3) is 0 Å². The summed E-state index contributed by atoms with van der Waals surface area (Å²) in [5, 5.41) is 10.2. The molecule has 1 aromatic carbocycles. The number of hydrogen-bond acceptors (Lipinski definition) is 3. The third-order valence-electron chi connectivity index (χ3n) is 4.05. The van der Waals surface area contributed by atoms with Gasteiger partial charge in [-0.2, -0.15) is 0 Å². The first kappa shape index (κ1) is 19.4. The predicted octanol–water partition coefficient (Wildman–Crippen LogP) is 4.00. The Morgan fingerprint density at radius 3 is 2.56 bits per heavy atom. The first-order valence-electron chi connectivity index (χ1n) is 9.04. The molecule has 0 aliphatic heterocycles. The molecule has 0 fully saturated rings. The summed E-state index contributed by atoms with van der Waals surface area (Å²) in [4.78, 5) is 9.00. The minimum atomic E-state index is 0.373. The molecule has 2 N–H and O–H groups in total. The van der Waals surface area contributed by atoms with E-state index in [0.29, 0.717) is 12.0 Å². The summed E-state index contributed by atoms with van der Waals surface area (Å²) < 4.78 is 0. The molecule has 0 aliphatic carbocycles. The summed E-state index contributed by atoms with van der Waals surface area (Å²) in [5.41, 5.74) is 2.54. The maximum atomic E-state index is 4.67. The number of hydrogen-bond donors (Lipinski definition) is 2. The van der Waals surface area contributed by atoms with Crippen molar-refractivity contribution in [2.45, 2.75) is 52.0 Å². The number of benzene rings is 1. The van der Waals surface area contributed by atoms with Gasteiger partial charge in [-0.05, 0) is 25.3 Å². The Bertz CT molecular complexity index is 649. The van der Waals surface area contributed by atoms with Gasteiger partial charge in [0.05, 0.1) is 10.7 Å². The smallest absolute Gasteiger partial charge is 0.191 e. The van der Waals surface area contributed by atoms with Crippen molar-refractivity contribution in [2.75, 3.05) is 13.6 Å². The molecule has 1 aromatic heterocycles. The van der Waals surface area contributed by atoms with Crippen LogP contribution in [0.4, 0.5) is 0 Å². The highest BCUT2D eigenvalue weighted by Crippen LogP contribution is 2.19. The molecule has 0 radical (unpaired) electrons. The van der Waals surface area contributed by atoms with Crippen LogP contribution in [0.1, 0.15) is 49.4 Å². The molecule has 5 heteroatoms. The number of nitrogens with one attached hydrogen (secondary N) is 2. The third-order valence-corrected chi connectivity index (χ3v) is 5.25. The van der Waals surface area contributed by atoms with Gasteiger partial charge in [-0.3, -0.25) is 4.99 Å². The largest absolute Gasteiger partial charge is 0.356 e. The van der Waals surface area contributed by atoms with Crippen LogP contribution in [-0.2, 0) is 12.8 Å². The lowest BCUT2D eigenvalue weighted by Gasteiger charge is -2.17. The van der Waals surface area contributed by atoms with E-state index in [1.54, 1.807) is 11.3 Å². The van der Waals surface area contributed by atoms with Crippen LogP contribution < -0.4 is 10.6 Å². The molecule has 0 amide bonds. The van der Waals surface area contributed by atoms with Crippen LogP contribution in [0.2, 0.25) is 0 Å². The van der Waals surface area contributed by atoms with E-state index < -0.39 is 0 Å². The van der Waals surface area contributed by atoms with Crippen molar-refractivity contribution in [1.29, 1.82) is 0 Å². The quantitative estimate of drug-likeness (QED) is 0.554. The van der Waals surface area contributed by atoms with E-state index in [9.17, 15) is 0 Å². The van der Waals surface area contributed by atoms with Gasteiger partial charge >= 0.3 is 0 Å². The maximum absolute atomic E-state index is 4.67. The van der Waals surface area contributed by atoms with Crippen LogP contribution in [0.5, 0.6) is 0 Å². The van der Waals surface area contributed by atoms with Crippen LogP contribution in [0, 0.1) is 0 Å². The van der Waals surface area contributed by atoms with Crippen LogP contribution in [0.25, 0.3) is 0 Å². The molecule has 1 unspecified atom stereocenters. The fourth-order valence-corrected chi connectivity index (χ4v) is 3.41. The Balaban J connectivity index is 1.70. The van der Waals surface area contributed by atoms with E-state index in [4.69, 9.17) is 0 Å². The summed E-state index contributed by atoms with van der Waals surface area (Å²) in [5.74, 6) is 1.37. The lowest BCUT2D eigenvalue weighted by atomic mass is 10.1. The van der Waals surface area contributed by atoms with Crippen LogP contribution in [0.3, 0.4) is 0 Å². The molecule has 136 valence electrons. The SMILES string of the molecule is CN=C(NCCc1csc(C(C)C)n1)NC(C)CCc1ccccc1. The summed E-state index contributed by atoms with van der Waals surface area (Å²) in [6, 6.07) is 11.0. The predicted molar refractivity (Wildman–Crippen MR) is 109 cm³/mol. The van der Waals surface area contributed by atoms with Crippen molar-refractivity contribution in [3.63, 3.8) is 0 Å². The summed E-state index contributed by atoms with van der Waals surface area (Å²) in [6.45, 7) is 7.41. The number of rotatable bonds is 8. The summed E-state index contributed by atoms with van der Waals surface area (Å²) in [6.07, 6.45) is 3.07. The van der Waals surface area contributed by atoms with Crippen molar-refractivity contribution in [3.05, 3.63) is 52.0 Å². The number of aromatic nitrogens is 1. The molecular formula is C20H30N4S. The Hall–Kier alpha value is -1.88. The lowest BCUT2D eigenvalue weighted by Crippen LogP contribution is -2.43. The van der Waals surface area contributed by atoms with E-state index in [0.717, 1.165) is 37.5 Å². The molecule has 0 aliphatic rings. The third kappa shape index (κ3) is 6.86. The average Bonchev–Trinajstić information content (AvgIpc) is 3.09. The average molecular weight is 359 g/mol. The monoisotopic (exact) mass is 358 g/mol. The second-order valence-corrected chi connectivity index (χ2v) is 7.54. The van der Waals surface area contributed by atoms with E-state index in [2.05, 4.69) is 77.1 Å². The molecule has 0 saturated heterocycles. The second-order valence-electron chi connectivity index (χ2n) is 6.65. The number of aliphatic imine (C=N–C) groups is 1. The fourth-order valence-electron chi connectivity index (χ4n) is 2.54. The number of nitrogens with zero attached hydrogens (tertiary/aromatic N) is 2. The van der Waals surface area contributed by atoms with Crippen LogP contribution >= 0.6 is 11.3 Å². The number of thiazole rings is 1. The van der Waals surface area contributed by atoms with E-state index >= 15 is 0 Å². The van der Waals surface area contributed by atoms with Gasteiger partial charge in [0.2, 0.25) is 0 Å². The molecule has 2 rings (SSSR count). The zero-order valence-electron chi connectivity index (χ0n) is 15.7. The first-order valence-corrected chi connectivity index (χ1v) is 9.92. The van der Waals surface area contributed by atoms with Gasteiger partial charge in [-0.15, -0.1) is 11.3 Å². The summed E-state index contributed by atoms with van der Waals surface area (Å²) in [7, 11) is 1.82. The number of guanidine groups is 1. The van der Waals surface area contributed by atoms with Crippen molar-refractivity contribution in [2.24, 2.45) is 4.99 Å². The van der Waals surface area contributed by atoms with E-state index in [1.165, 1.54) is 10.6 Å². The zero-order valence-corrected chi connectivity index (χ0v) is 16.6. The molecule has 0 spiro atoms. The normalized spacial score (nSPS) is 13.1. The summed E-state index contributed by atoms with van der Waals surface area (Å²) >= 11 is 1.75. The highest BCUT2D eigenvalue weighted by Gasteiger charge is 2.08. The second kappa shape index (κ2) is 10.2. The van der Waals surface area contributed by atoms with Gasteiger partial charge < -0.3 is 10.6 Å². The lowest BCUT2D eigenvalue weighted by molar-refractivity contribution is 0.593. The van der Waals surface area contributed by atoms with E-state index in [-0.39, 0.29) is 0 Å². The number of aryl methyl sites for hydroxylation is 1. The minimum Gasteiger partial charge on any atom is -0.356 e. The fraction of sp³-hybridized carbons (Fsp3) is 0.500.